The lowest BCUT2D eigenvalue weighted by atomic mass is 9.92. The summed E-state index contributed by atoms with van der Waals surface area (Å²) in [4.78, 5) is 0. The fourth-order valence-corrected chi connectivity index (χ4v) is 2.62. The highest BCUT2D eigenvalue weighted by Crippen LogP contribution is 2.35. The van der Waals surface area contributed by atoms with Crippen LogP contribution < -0.4 is 5.73 Å². The summed E-state index contributed by atoms with van der Waals surface area (Å²) < 4.78 is 6.15. The molecule has 0 spiro atoms. The van der Waals surface area contributed by atoms with Gasteiger partial charge >= 0.3 is 0 Å². The number of furan rings is 1. The maximum absolute atomic E-state index is 10.3. The minimum Gasteiger partial charge on any atom is -0.447 e. The minimum atomic E-state index is -0.818. The molecule has 2 unspecified atom stereocenters. The van der Waals surface area contributed by atoms with E-state index >= 15 is 0 Å². The molecule has 0 aliphatic rings. The van der Waals surface area contributed by atoms with Gasteiger partial charge in [0, 0.05) is 16.9 Å². The van der Waals surface area contributed by atoms with Gasteiger partial charge < -0.3 is 15.3 Å². The van der Waals surface area contributed by atoms with Crippen molar-refractivity contribution in [2.75, 3.05) is 6.54 Å². The van der Waals surface area contributed by atoms with Crippen LogP contribution in [-0.4, -0.2) is 11.7 Å². The number of hydrogen-bond acceptors (Lipinski definition) is 3. The van der Waals surface area contributed by atoms with E-state index in [0.29, 0.717) is 12.3 Å². The van der Waals surface area contributed by atoms with E-state index in [1.165, 1.54) is 0 Å². The van der Waals surface area contributed by atoms with Gasteiger partial charge in [0.25, 0.3) is 0 Å². The fraction of sp³-hybridized carbons (Fsp3) is 0.231. The number of nitrogens with two attached hydrogens (primary N) is 1. The summed E-state index contributed by atoms with van der Waals surface area (Å²) in [6.45, 7) is 0.308. The second kappa shape index (κ2) is 5.89. The smallest absolute Gasteiger partial charge is 0.193 e. The number of hydrogen-bond donors (Lipinski definition) is 2. The summed E-state index contributed by atoms with van der Waals surface area (Å²) in [5, 5.41) is 10.6. The zero-order valence-electron chi connectivity index (χ0n) is 9.51. The van der Waals surface area contributed by atoms with Gasteiger partial charge in [-0.3, -0.25) is 0 Å². The Kier molecular flexibility index (Phi) is 4.45. The average molecular weight is 331 g/mol. The number of halogens is 2. The Morgan fingerprint density at radius 2 is 2.00 bits per heavy atom. The van der Waals surface area contributed by atoms with Crippen molar-refractivity contribution in [1.29, 1.82) is 0 Å². The molecule has 0 saturated carbocycles. The van der Waals surface area contributed by atoms with Crippen LogP contribution in [0.4, 0.5) is 0 Å². The highest BCUT2D eigenvalue weighted by atomic mass is 79.9. The quantitative estimate of drug-likeness (QED) is 0.902. The zero-order chi connectivity index (χ0) is 13.1. The summed E-state index contributed by atoms with van der Waals surface area (Å²) in [6, 6.07) is 10.9. The van der Waals surface area contributed by atoms with Gasteiger partial charge in [0.1, 0.15) is 11.9 Å². The van der Waals surface area contributed by atoms with Gasteiger partial charge in [-0.25, -0.2) is 0 Å². The molecule has 0 aliphatic carbocycles. The average Bonchev–Trinajstić information content (AvgIpc) is 2.79. The molecule has 2 rings (SSSR count). The normalized spacial score (nSPS) is 14.4. The van der Waals surface area contributed by atoms with E-state index in [1.54, 1.807) is 12.1 Å². The molecule has 96 valence electrons. The maximum atomic E-state index is 10.3. The SMILES string of the molecule is NCC(c1ccccc1Br)C(O)c1ccc(Cl)o1. The van der Waals surface area contributed by atoms with Crippen molar-refractivity contribution < 1.29 is 9.52 Å². The molecule has 2 aromatic rings. The lowest BCUT2D eigenvalue weighted by Gasteiger charge is -2.21. The Morgan fingerprint density at radius 3 is 2.56 bits per heavy atom. The summed E-state index contributed by atoms with van der Waals surface area (Å²) >= 11 is 9.17. The molecule has 0 bridgehead atoms. The molecule has 1 heterocycles. The molecule has 0 saturated heterocycles. The van der Waals surface area contributed by atoms with Gasteiger partial charge in [0.15, 0.2) is 5.22 Å². The Morgan fingerprint density at radius 1 is 1.28 bits per heavy atom. The van der Waals surface area contributed by atoms with Gasteiger partial charge in [0.05, 0.1) is 0 Å². The van der Waals surface area contributed by atoms with E-state index in [1.807, 2.05) is 24.3 Å². The third-order valence-corrected chi connectivity index (χ3v) is 3.75. The molecule has 0 amide bonds. The lowest BCUT2D eigenvalue weighted by Crippen LogP contribution is -2.20. The monoisotopic (exact) mass is 329 g/mol. The van der Waals surface area contributed by atoms with Crippen LogP contribution in [0.5, 0.6) is 0 Å². The van der Waals surface area contributed by atoms with E-state index in [4.69, 9.17) is 21.8 Å². The largest absolute Gasteiger partial charge is 0.447 e. The van der Waals surface area contributed by atoms with Crippen molar-refractivity contribution in [2.24, 2.45) is 5.73 Å². The Labute approximate surface area is 119 Å². The van der Waals surface area contributed by atoms with E-state index in [9.17, 15) is 5.11 Å². The Balaban J connectivity index is 2.32. The van der Waals surface area contributed by atoms with Crippen molar-refractivity contribution in [3.63, 3.8) is 0 Å². The molecule has 0 fully saturated rings. The Hall–Kier alpha value is -0.810. The van der Waals surface area contributed by atoms with Crippen LogP contribution in [0, 0.1) is 0 Å². The van der Waals surface area contributed by atoms with Crippen LogP contribution in [0.2, 0.25) is 5.22 Å². The van der Waals surface area contributed by atoms with Crippen LogP contribution in [0.1, 0.15) is 23.3 Å². The molecule has 18 heavy (non-hydrogen) atoms. The molecule has 0 aliphatic heterocycles. The fourth-order valence-electron chi connectivity index (χ4n) is 1.89. The highest BCUT2D eigenvalue weighted by molar-refractivity contribution is 9.10. The second-order valence-corrected chi connectivity index (χ2v) is 5.18. The summed E-state index contributed by atoms with van der Waals surface area (Å²) in [7, 11) is 0. The predicted molar refractivity (Wildman–Crippen MR) is 74.6 cm³/mol. The van der Waals surface area contributed by atoms with Gasteiger partial charge in [-0.1, -0.05) is 34.1 Å². The first-order valence-electron chi connectivity index (χ1n) is 5.51. The number of rotatable bonds is 4. The second-order valence-electron chi connectivity index (χ2n) is 3.95. The van der Waals surface area contributed by atoms with Crippen LogP contribution in [0.25, 0.3) is 0 Å². The first-order chi connectivity index (χ1) is 8.63. The topological polar surface area (TPSA) is 59.4 Å². The third-order valence-electron chi connectivity index (χ3n) is 2.83. The molecular weight excluding hydrogens is 318 g/mol. The van der Waals surface area contributed by atoms with Crippen molar-refractivity contribution in [3.05, 3.63) is 57.4 Å². The lowest BCUT2D eigenvalue weighted by molar-refractivity contribution is 0.122. The van der Waals surface area contributed by atoms with Gasteiger partial charge in [-0.05, 0) is 35.4 Å². The van der Waals surface area contributed by atoms with Gasteiger partial charge in [-0.2, -0.15) is 0 Å². The molecule has 1 aromatic carbocycles. The predicted octanol–water partition coefficient (Wildman–Crippen LogP) is 3.47. The van der Waals surface area contributed by atoms with E-state index < -0.39 is 6.10 Å². The van der Waals surface area contributed by atoms with E-state index in [2.05, 4.69) is 15.9 Å². The molecule has 5 heteroatoms. The third kappa shape index (κ3) is 2.78. The zero-order valence-corrected chi connectivity index (χ0v) is 11.9. The first-order valence-corrected chi connectivity index (χ1v) is 6.68. The Bertz CT molecular complexity index is 529. The molecule has 0 radical (unpaired) electrons. The van der Waals surface area contributed by atoms with Crippen LogP contribution in [0.3, 0.4) is 0 Å². The molecule has 2 atom stereocenters. The van der Waals surface area contributed by atoms with Crippen molar-refractivity contribution in [1.82, 2.24) is 0 Å². The molecule has 3 N–H and O–H groups in total. The van der Waals surface area contributed by atoms with Crippen molar-refractivity contribution in [3.8, 4) is 0 Å². The minimum absolute atomic E-state index is 0.247. The first kappa shape index (κ1) is 13.6. The summed E-state index contributed by atoms with van der Waals surface area (Å²) in [5.74, 6) is 0.175. The highest BCUT2D eigenvalue weighted by Gasteiger charge is 2.25. The van der Waals surface area contributed by atoms with Crippen molar-refractivity contribution >= 4 is 27.5 Å². The number of aliphatic hydroxyl groups is 1. The van der Waals surface area contributed by atoms with Crippen molar-refractivity contribution in [2.45, 2.75) is 12.0 Å². The maximum Gasteiger partial charge on any atom is 0.193 e. The summed E-state index contributed by atoms with van der Waals surface area (Å²) in [5.41, 5.74) is 6.71. The molecule has 1 aromatic heterocycles. The van der Waals surface area contributed by atoms with Gasteiger partial charge in [-0.15, -0.1) is 0 Å². The van der Waals surface area contributed by atoms with Crippen LogP contribution >= 0.6 is 27.5 Å². The number of benzene rings is 1. The van der Waals surface area contributed by atoms with E-state index in [0.717, 1.165) is 10.0 Å². The van der Waals surface area contributed by atoms with Gasteiger partial charge in [0.2, 0.25) is 0 Å². The molecular formula is C13H13BrClNO2. The standard InChI is InChI=1S/C13H13BrClNO2/c14-10-4-2-1-3-8(10)9(7-16)13(17)11-5-6-12(15)18-11/h1-6,9,13,17H,7,16H2. The van der Waals surface area contributed by atoms with Crippen LogP contribution in [0.15, 0.2) is 45.3 Å². The molecule has 3 nitrogen and oxygen atoms in total. The number of aliphatic hydroxyl groups excluding tert-OH is 1. The van der Waals surface area contributed by atoms with E-state index in [-0.39, 0.29) is 11.1 Å². The summed E-state index contributed by atoms with van der Waals surface area (Å²) in [6.07, 6.45) is -0.818. The van der Waals surface area contributed by atoms with Crippen LogP contribution in [-0.2, 0) is 0 Å².